The van der Waals surface area contributed by atoms with E-state index in [-0.39, 0.29) is 18.1 Å². The second-order valence-corrected chi connectivity index (χ2v) is 6.70. The third-order valence-corrected chi connectivity index (χ3v) is 4.46. The lowest BCUT2D eigenvalue weighted by atomic mass is 10.2. The van der Waals surface area contributed by atoms with Gasteiger partial charge in [0.2, 0.25) is 0 Å². The van der Waals surface area contributed by atoms with E-state index in [0.717, 1.165) is 0 Å². The number of nitrogens with zero attached hydrogens (tertiary/aromatic N) is 2. The molecule has 2 aromatic carbocycles. The number of hydrogen-bond donors (Lipinski definition) is 1. The fourth-order valence-electron chi connectivity index (χ4n) is 2.85. The number of amides is 1. The van der Waals surface area contributed by atoms with Crippen molar-refractivity contribution in [1.82, 2.24) is 9.38 Å². The van der Waals surface area contributed by atoms with Gasteiger partial charge in [-0.25, -0.2) is 4.98 Å². The molecule has 0 saturated carbocycles. The standard InChI is InChI=1S/C22H16ClN3O3/c23-16-7-5-6-15(12-16)22(28)25-18-8-1-2-9-19(18)29-14-17-13-21(27)26-11-4-3-10-20(26)24-17/h1-13H,14H2,(H,25,28). The Morgan fingerprint density at radius 1 is 1.03 bits per heavy atom. The van der Waals surface area contributed by atoms with Crippen molar-refractivity contribution in [2.24, 2.45) is 0 Å². The Labute approximate surface area is 171 Å². The maximum Gasteiger partial charge on any atom is 0.258 e. The molecular formula is C22H16ClN3O3. The minimum absolute atomic E-state index is 0.0880. The quantitative estimate of drug-likeness (QED) is 0.540. The molecule has 0 fully saturated rings. The Hall–Kier alpha value is -3.64. The number of carbonyl (C=O) groups excluding carboxylic acids is 1. The van der Waals surface area contributed by atoms with Gasteiger partial charge in [-0.3, -0.25) is 14.0 Å². The van der Waals surface area contributed by atoms with Crippen LogP contribution >= 0.6 is 11.6 Å². The fourth-order valence-corrected chi connectivity index (χ4v) is 3.04. The second kappa shape index (κ2) is 8.16. The third-order valence-electron chi connectivity index (χ3n) is 4.22. The first kappa shape index (κ1) is 18.7. The van der Waals surface area contributed by atoms with Gasteiger partial charge in [0.25, 0.3) is 11.5 Å². The number of anilines is 1. The summed E-state index contributed by atoms with van der Waals surface area (Å²) in [5.74, 6) is 0.170. The average Bonchev–Trinajstić information content (AvgIpc) is 2.73. The first-order valence-electron chi connectivity index (χ1n) is 8.86. The molecule has 0 radical (unpaired) electrons. The molecule has 4 rings (SSSR count). The zero-order valence-electron chi connectivity index (χ0n) is 15.2. The van der Waals surface area contributed by atoms with Crippen molar-refractivity contribution in [3.8, 4) is 5.75 Å². The molecule has 1 amide bonds. The lowest BCUT2D eigenvalue weighted by Gasteiger charge is -2.12. The molecule has 29 heavy (non-hydrogen) atoms. The molecule has 4 aromatic rings. The highest BCUT2D eigenvalue weighted by atomic mass is 35.5. The number of pyridine rings is 1. The van der Waals surface area contributed by atoms with Crippen molar-refractivity contribution in [1.29, 1.82) is 0 Å². The summed E-state index contributed by atoms with van der Waals surface area (Å²) in [6.45, 7) is 0.0880. The van der Waals surface area contributed by atoms with Gasteiger partial charge in [-0.05, 0) is 42.5 Å². The van der Waals surface area contributed by atoms with Gasteiger partial charge < -0.3 is 10.1 Å². The maximum absolute atomic E-state index is 12.5. The SMILES string of the molecule is O=C(Nc1ccccc1OCc1cc(=O)n2ccccc2n1)c1cccc(Cl)c1. The summed E-state index contributed by atoms with van der Waals surface area (Å²) < 4.78 is 7.30. The van der Waals surface area contributed by atoms with Crippen LogP contribution in [0.25, 0.3) is 5.65 Å². The van der Waals surface area contributed by atoms with E-state index in [1.54, 1.807) is 66.9 Å². The predicted molar refractivity (Wildman–Crippen MR) is 112 cm³/mol. The van der Waals surface area contributed by atoms with Gasteiger partial charge in [-0.2, -0.15) is 0 Å². The van der Waals surface area contributed by atoms with Gasteiger partial charge in [0.05, 0.1) is 11.4 Å². The number of halogens is 1. The monoisotopic (exact) mass is 405 g/mol. The summed E-state index contributed by atoms with van der Waals surface area (Å²) >= 11 is 5.96. The van der Waals surface area contributed by atoms with E-state index in [0.29, 0.717) is 33.4 Å². The number of fused-ring (bicyclic) bond motifs is 1. The van der Waals surface area contributed by atoms with Gasteiger partial charge in [-0.1, -0.05) is 35.9 Å². The van der Waals surface area contributed by atoms with E-state index in [9.17, 15) is 9.59 Å². The van der Waals surface area contributed by atoms with Crippen LogP contribution in [-0.2, 0) is 6.61 Å². The van der Waals surface area contributed by atoms with E-state index in [2.05, 4.69) is 10.3 Å². The first-order chi connectivity index (χ1) is 14.1. The molecule has 1 N–H and O–H groups in total. The third kappa shape index (κ3) is 4.28. The molecule has 2 aromatic heterocycles. The minimum Gasteiger partial charge on any atom is -0.485 e. The molecule has 0 aliphatic carbocycles. The Kier molecular flexibility index (Phi) is 5.27. The van der Waals surface area contributed by atoms with Crippen molar-refractivity contribution in [3.63, 3.8) is 0 Å². The summed E-state index contributed by atoms with van der Waals surface area (Å²) in [6, 6.07) is 20.5. The number of ether oxygens (including phenoxy) is 1. The Morgan fingerprint density at radius 3 is 2.72 bits per heavy atom. The van der Waals surface area contributed by atoms with Crippen molar-refractivity contribution in [3.05, 3.63) is 106 Å². The van der Waals surface area contributed by atoms with Gasteiger partial charge in [0.15, 0.2) is 0 Å². The second-order valence-electron chi connectivity index (χ2n) is 6.26. The van der Waals surface area contributed by atoms with Crippen molar-refractivity contribution in [2.45, 2.75) is 6.61 Å². The number of rotatable bonds is 5. The number of benzene rings is 2. The number of carbonyl (C=O) groups is 1. The number of aromatic nitrogens is 2. The molecule has 144 valence electrons. The first-order valence-corrected chi connectivity index (χ1v) is 9.24. The number of nitrogens with one attached hydrogen (secondary N) is 1. The lowest BCUT2D eigenvalue weighted by molar-refractivity contribution is 0.102. The van der Waals surface area contributed by atoms with Crippen LogP contribution in [0.4, 0.5) is 5.69 Å². The van der Waals surface area contributed by atoms with Crippen LogP contribution in [0, 0.1) is 0 Å². The van der Waals surface area contributed by atoms with Crippen molar-refractivity contribution < 1.29 is 9.53 Å². The highest BCUT2D eigenvalue weighted by Crippen LogP contribution is 2.25. The molecule has 0 spiro atoms. The normalized spacial score (nSPS) is 10.7. The maximum atomic E-state index is 12.5. The summed E-state index contributed by atoms with van der Waals surface area (Å²) in [4.78, 5) is 29.1. The average molecular weight is 406 g/mol. The Morgan fingerprint density at radius 2 is 1.86 bits per heavy atom. The molecule has 0 bridgehead atoms. The predicted octanol–water partition coefficient (Wildman–Crippen LogP) is 4.18. The van der Waals surface area contributed by atoms with Crippen molar-refractivity contribution in [2.75, 3.05) is 5.32 Å². The summed E-state index contributed by atoms with van der Waals surface area (Å²) in [6.07, 6.45) is 1.66. The highest BCUT2D eigenvalue weighted by Gasteiger charge is 2.11. The van der Waals surface area contributed by atoms with Gasteiger partial charge in [0.1, 0.15) is 18.0 Å². The van der Waals surface area contributed by atoms with Gasteiger partial charge >= 0.3 is 0 Å². The van der Waals surface area contributed by atoms with E-state index in [4.69, 9.17) is 16.3 Å². The Balaban J connectivity index is 1.53. The van der Waals surface area contributed by atoms with E-state index >= 15 is 0 Å². The molecule has 7 heteroatoms. The van der Waals surface area contributed by atoms with Crippen molar-refractivity contribution >= 4 is 28.8 Å². The molecule has 0 saturated heterocycles. The lowest BCUT2D eigenvalue weighted by Crippen LogP contribution is -2.16. The molecule has 0 atom stereocenters. The van der Waals surface area contributed by atoms with E-state index < -0.39 is 0 Å². The van der Waals surface area contributed by atoms with Crippen LogP contribution in [0.5, 0.6) is 5.75 Å². The van der Waals surface area contributed by atoms with Crippen LogP contribution in [0.3, 0.4) is 0 Å². The molecular weight excluding hydrogens is 390 g/mol. The van der Waals surface area contributed by atoms with Crippen LogP contribution in [-0.4, -0.2) is 15.3 Å². The zero-order chi connectivity index (χ0) is 20.2. The Bertz CT molecular complexity index is 1250. The summed E-state index contributed by atoms with van der Waals surface area (Å²) in [5, 5.41) is 3.30. The topological polar surface area (TPSA) is 72.7 Å². The zero-order valence-corrected chi connectivity index (χ0v) is 16.0. The van der Waals surface area contributed by atoms with Crippen LogP contribution in [0.15, 0.2) is 83.8 Å². The van der Waals surface area contributed by atoms with E-state index in [1.165, 1.54) is 10.5 Å². The molecule has 0 unspecified atom stereocenters. The van der Waals surface area contributed by atoms with Crippen LogP contribution in [0.2, 0.25) is 5.02 Å². The number of hydrogen-bond acceptors (Lipinski definition) is 4. The van der Waals surface area contributed by atoms with E-state index in [1.807, 2.05) is 6.07 Å². The molecule has 0 aliphatic rings. The fraction of sp³-hybridized carbons (Fsp3) is 0.0455. The molecule has 6 nitrogen and oxygen atoms in total. The minimum atomic E-state index is -0.300. The highest BCUT2D eigenvalue weighted by molar-refractivity contribution is 6.31. The number of para-hydroxylation sites is 2. The summed E-state index contributed by atoms with van der Waals surface area (Å²) in [5.41, 5.74) is 1.81. The van der Waals surface area contributed by atoms with Crippen LogP contribution < -0.4 is 15.6 Å². The van der Waals surface area contributed by atoms with Crippen LogP contribution in [0.1, 0.15) is 16.1 Å². The molecule has 0 aliphatic heterocycles. The largest absolute Gasteiger partial charge is 0.485 e. The van der Waals surface area contributed by atoms with Gasteiger partial charge in [0, 0.05) is 22.8 Å². The van der Waals surface area contributed by atoms with Gasteiger partial charge in [-0.15, -0.1) is 0 Å². The summed E-state index contributed by atoms with van der Waals surface area (Å²) in [7, 11) is 0. The molecule has 2 heterocycles. The smallest absolute Gasteiger partial charge is 0.258 e.